The molecule has 258 valence electrons. The van der Waals surface area contributed by atoms with Crippen LogP contribution < -0.4 is 16.0 Å². The molecule has 0 atom stereocenters. The summed E-state index contributed by atoms with van der Waals surface area (Å²) in [7, 11) is 0. The summed E-state index contributed by atoms with van der Waals surface area (Å²) in [5.74, 6) is 0.872. The number of urea groups is 1. The highest BCUT2D eigenvalue weighted by Gasteiger charge is 2.26. The fraction of sp³-hybridized carbons (Fsp3) is 0.389. The van der Waals surface area contributed by atoms with Gasteiger partial charge in [0, 0.05) is 64.7 Å². The number of fused-ring (bicyclic) bond motifs is 2. The van der Waals surface area contributed by atoms with E-state index in [0.717, 1.165) is 31.3 Å². The highest BCUT2D eigenvalue weighted by atomic mass is 16.6. The van der Waals surface area contributed by atoms with Crippen LogP contribution in [-0.4, -0.2) is 62.8 Å². The lowest BCUT2D eigenvalue weighted by Crippen LogP contribution is -2.45. The van der Waals surface area contributed by atoms with Gasteiger partial charge in [0.05, 0.1) is 5.69 Å². The summed E-state index contributed by atoms with van der Waals surface area (Å²) >= 11 is 0. The summed E-state index contributed by atoms with van der Waals surface area (Å²) in [5, 5.41) is 24.5. The smallest absolute Gasteiger partial charge is 0.407 e. The van der Waals surface area contributed by atoms with Gasteiger partial charge in [-0.2, -0.15) is 0 Å². The molecule has 13 nitrogen and oxygen atoms in total. The molecule has 13 heteroatoms. The Bertz CT molecular complexity index is 2020. The molecular formula is C36H42N6O7. The Morgan fingerprint density at radius 3 is 2.45 bits per heavy atom. The predicted molar refractivity (Wildman–Crippen MR) is 185 cm³/mol. The highest BCUT2D eigenvalue weighted by Crippen LogP contribution is 2.32. The van der Waals surface area contributed by atoms with Gasteiger partial charge in [0.2, 0.25) is 5.78 Å². The molecule has 0 radical (unpaired) electrons. The molecule has 3 aromatic heterocycles. The van der Waals surface area contributed by atoms with Crippen molar-refractivity contribution in [3.05, 3.63) is 71.3 Å². The van der Waals surface area contributed by atoms with E-state index in [1.165, 1.54) is 0 Å². The van der Waals surface area contributed by atoms with E-state index in [9.17, 15) is 19.5 Å². The van der Waals surface area contributed by atoms with Crippen LogP contribution >= 0.6 is 0 Å². The van der Waals surface area contributed by atoms with Crippen molar-refractivity contribution in [3.63, 3.8) is 0 Å². The Labute approximate surface area is 283 Å². The number of anilines is 2. The number of likely N-dealkylation sites (tertiary alicyclic amines) is 1. The second kappa shape index (κ2) is 13.0. The molecule has 0 bridgehead atoms. The van der Waals surface area contributed by atoms with Crippen LogP contribution in [0.4, 0.5) is 21.1 Å². The zero-order chi connectivity index (χ0) is 35.1. The number of nitrogens with zero attached hydrogens (tertiary/aromatic N) is 2. The number of ether oxygens (including phenoxy) is 1. The first kappa shape index (κ1) is 33.6. The summed E-state index contributed by atoms with van der Waals surface area (Å²) in [6.07, 6.45) is 1.09. The number of phenols is 1. The molecule has 1 saturated heterocycles. The lowest BCUT2D eigenvalue weighted by molar-refractivity contribution is 0.0477. The minimum Gasteiger partial charge on any atom is -0.508 e. The lowest BCUT2D eigenvalue weighted by atomic mass is 9.93. The van der Waals surface area contributed by atoms with Crippen LogP contribution in [0.5, 0.6) is 5.75 Å². The van der Waals surface area contributed by atoms with Crippen molar-refractivity contribution in [2.75, 3.05) is 23.7 Å². The zero-order valence-electron chi connectivity index (χ0n) is 28.5. The number of amides is 3. The molecule has 6 rings (SSSR count). The van der Waals surface area contributed by atoms with Crippen LogP contribution in [-0.2, 0) is 16.7 Å². The Morgan fingerprint density at radius 1 is 1.00 bits per heavy atom. The quantitative estimate of drug-likeness (QED) is 0.112. The number of piperidine rings is 1. The van der Waals surface area contributed by atoms with Crippen molar-refractivity contribution in [2.24, 2.45) is 0 Å². The predicted octanol–water partition coefficient (Wildman–Crippen LogP) is 7.27. The van der Waals surface area contributed by atoms with Gasteiger partial charge in [-0.15, -0.1) is 0 Å². The number of aromatic amines is 1. The number of nitrogens with one attached hydrogen (secondary N) is 4. The fourth-order valence-electron chi connectivity index (χ4n) is 5.81. The maximum absolute atomic E-state index is 13.6. The van der Waals surface area contributed by atoms with Gasteiger partial charge in [-0.1, -0.05) is 25.9 Å². The van der Waals surface area contributed by atoms with Crippen molar-refractivity contribution in [1.29, 1.82) is 0 Å². The molecule has 1 aliphatic heterocycles. The second-order valence-electron chi connectivity index (χ2n) is 14.5. The maximum atomic E-state index is 13.6. The minimum atomic E-state index is -0.556. The summed E-state index contributed by atoms with van der Waals surface area (Å²) in [5.41, 5.74) is 1.93. The molecule has 4 heterocycles. The Balaban J connectivity index is 1.11. The Kier molecular flexibility index (Phi) is 8.88. The van der Waals surface area contributed by atoms with Gasteiger partial charge in [0.1, 0.15) is 22.7 Å². The number of furan rings is 1. The van der Waals surface area contributed by atoms with E-state index in [2.05, 4.69) is 31.0 Å². The maximum Gasteiger partial charge on any atom is 0.407 e. The highest BCUT2D eigenvalue weighted by molar-refractivity contribution is 6.10. The number of aromatic hydroxyl groups is 1. The molecule has 1 fully saturated rings. The number of rotatable bonds is 7. The van der Waals surface area contributed by atoms with Crippen molar-refractivity contribution in [3.8, 4) is 5.75 Å². The first-order valence-electron chi connectivity index (χ1n) is 16.3. The van der Waals surface area contributed by atoms with Gasteiger partial charge >= 0.3 is 12.1 Å². The summed E-state index contributed by atoms with van der Waals surface area (Å²) < 4.78 is 16.6. The van der Waals surface area contributed by atoms with Crippen molar-refractivity contribution in [2.45, 2.75) is 78.0 Å². The minimum absolute atomic E-state index is 0.0149. The SMILES string of the molecule is CC(C)(C)OC(=O)NC1CCN(Cc2c(O)ccc3[nH]c(C(=O)c4cc5cc(NC(=O)Nc6cc(C(C)(C)C)on6)ccc5o4)cc23)CC1. The van der Waals surface area contributed by atoms with Crippen LogP contribution in [0.2, 0.25) is 0 Å². The third-order valence-corrected chi connectivity index (χ3v) is 8.31. The van der Waals surface area contributed by atoms with E-state index in [1.54, 1.807) is 48.5 Å². The number of carbonyl (C=O) groups excluding carboxylic acids is 3. The topological polar surface area (TPSA) is 175 Å². The number of hydrogen-bond donors (Lipinski definition) is 5. The van der Waals surface area contributed by atoms with Gasteiger partial charge in [-0.3, -0.25) is 15.0 Å². The number of alkyl carbamates (subject to hydrolysis) is 1. The van der Waals surface area contributed by atoms with Gasteiger partial charge < -0.3 is 34.4 Å². The number of aromatic nitrogens is 2. The van der Waals surface area contributed by atoms with Crippen LogP contribution in [0.25, 0.3) is 21.9 Å². The van der Waals surface area contributed by atoms with E-state index in [0.29, 0.717) is 51.6 Å². The van der Waals surface area contributed by atoms with Gasteiger partial charge in [0.15, 0.2) is 11.6 Å². The number of benzene rings is 2. The molecule has 0 unspecified atom stereocenters. The third-order valence-electron chi connectivity index (χ3n) is 8.31. The Hall–Kier alpha value is -5.30. The molecule has 5 aromatic rings. The molecule has 3 amide bonds. The van der Waals surface area contributed by atoms with Gasteiger partial charge in [0.25, 0.3) is 0 Å². The van der Waals surface area contributed by atoms with Gasteiger partial charge in [-0.05, 0) is 76.1 Å². The number of ketones is 1. The molecule has 2 aromatic carbocycles. The lowest BCUT2D eigenvalue weighted by Gasteiger charge is -2.33. The van der Waals surface area contributed by atoms with Crippen molar-refractivity contribution < 1.29 is 33.2 Å². The number of carbonyl (C=O) groups is 3. The van der Waals surface area contributed by atoms with E-state index >= 15 is 0 Å². The molecule has 49 heavy (non-hydrogen) atoms. The van der Waals surface area contributed by atoms with Crippen LogP contribution in [0.15, 0.2) is 57.5 Å². The van der Waals surface area contributed by atoms with Crippen molar-refractivity contribution in [1.82, 2.24) is 20.4 Å². The molecular weight excluding hydrogens is 628 g/mol. The van der Waals surface area contributed by atoms with Crippen LogP contribution in [0, 0.1) is 0 Å². The monoisotopic (exact) mass is 670 g/mol. The summed E-state index contributed by atoms with van der Waals surface area (Å²) in [4.78, 5) is 43.8. The van der Waals surface area contributed by atoms with Crippen LogP contribution in [0.3, 0.4) is 0 Å². The van der Waals surface area contributed by atoms with Crippen LogP contribution in [0.1, 0.15) is 82.0 Å². The van der Waals surface area contributed by atoms with E-state index in [1.807, 2.05) is 41.5 Å². The van der Waals surface area contributed by atoms with Crippen molar-refractivity contribution >= 4 is 51.3 Å². The molecule has 1 aliphatic rings. The number of H-pyrrole nitrogens is 1. The first-order chi connectivity index (χ1) is 23.1. The fourth-order valence-corrected chi connectivity index (χ4v) is 5.81. The summed E-state index contributed by atoms with van der Waals surface area (Å²) in [6, 6.07) is 13.0. The Morgan fingerprint density at radius 2 is 1.76 bits per heavy atom. The number of hydrogen-bond acceptors (Lipinski definition) is 9. The first-order valence-corrected chi connectivity index (χ1v) is 16.3. The molecule has 5 N–H and O–H groups in total. The average molecular weight is 671 g/mol. The standard InChI is InChI=1S/C36H42N6O7/c1-35(2,3)30-18-31(41-49-30)40-33(45)37-22-7-10-28-20(15-22)16-29(47-28)32(44)26-17-23-24(27(43)9-8-25(23)39-26)19-42-13-11-21(12-14-42)38-34(46)48-36(4,5)6/h7-10,15-18,21,39,43H,11-14,19H2,1-6H3,(H,38,46)(H2,37,40,41,45). The largest absolute Gasteiger partial charge is 0.508 e. The van der Waals surface area contributed by atoms with E-state index in [4.69, 9.17) is 13.7 Å². The number of phenolic OH excluding ortho intramolecular Hbond substituents is 1. The van der Waals surface area contributed by atoms with E-state index < -0.39 is 17.7 Å². The zero-order valence-corrected chi connectivity index (χ0v) is 28.5. The molecule has 0 saturated carbocycles. The normalized spacial score (nSPS) is 14.7. The second-order valence-corrected chi connectivity index (χ2v) is 14.5. The third kappa shape index (κ3) is 7.89. The van der Waals surface area contributed by atoms with Gasteiger partial charge in [-0.25, -0.2) is 9.59 Å². The van der Waals surface area contributed by atoms with E-state index in [-0.39, 0.29) is 28.7 Å². The molecule has 0 spiro atoms. The average Bonchev–Trinajstić information content (AvgIpc) is 3.76. The molecule has 0 aliphatic carbocycles. The summed E-state index contributed by atoms with van der Waals surface area (Å²) in [6.45, 7) is 13.4.